The number of carbonyl (C=O) groups excluding carboxylic acids is 1. The molecule has 0 fully saturated rings. The van der Waals surface area contributed by atoms with E-state index in [0.29, 0.717) is 5.82 Å². The average Bonchev–Trinajstić information content (AvgIpc) is 3.03. The fourth-order valence-electron chi connectivity index (χ4n) is 2.10. The Balaban J connectivity index is 1.54. The maximum Gasteiger partial charge on any atom is 0.248 e. The van der Waals surface area contributed by atoms with Crippen molar-refractivity contribution >= 4 is 11.6 Å². The van der Waals surface area contributed by atoms with Gasteiger partial charge < -0.3 is 10.1 Å². The molecule has 0 saturated carbocycles. The first kappa shape index (κ1) is 15.7. The average molecular weight is 323 g/mol. The van der Waals surface area contributed by atoms with Crippen molar-refractivity contribution in [1.29, 1.82) is 0 Å². The maximum atomic E-state index is 12.1. The van der Waals surface area contributed by atoms with E-state index < -0.39 is 0 Å². The van der Waals surface area contributed by atoms with Gasteiger partial charge in [-0.3, -0.25) is 4.79 Å². The zero-order valence-electron chi connectivity index (χ0n) is 13.2. The van der Waals surface area contributed by atoms with Crippen molar-refractivity contribution in [3.05, 3.63) is 66.0 Å². The summed E-state index contributed by atoms with van der Waals surface area (Å²) in [6.45, 7) is 2.12. The molecule has 1 aromatic heterocycles. The van der Waals surface area contributed by atoms with E-state index in [-0.39, 0.29) is 19.1 Å². The van der Waals surface area contributed by atoms with Gasteiger partial charge in [0, 0.05) is 5.69 Å². The van der Waals surface area contributed by atoms with E-state index in [9.17, 15) is 4.79 Å². The van der Waals surface area contributed by atoms with Crippen molar-refractivity contribution in [2.75, 3.05) is 5.32 Å². The number of benzene rings is 2. The molecule has 0 saturated heterocycles. The minimum Gasteiger partial charge on any atom is -0.485 e. The highest BCUT2D eigenvalue weighted by Gasteiger charge is 2.09. The van der Waals surface area contributed by atoms with Gasteiger partial charge >= 0.3 is 0 Å². The van der Waals surface area contributed by atoms with Gasteiger partial charge in [0.1, 0.15) is 12.3 Å². The molecule has 0 unspecified atom stereocenters. The summed E-state index contributed by atoms with van der Waals surface area (Å²) in [6, 6.07) is 16.9. The van der Waals surface area contributed by atoms with E-state index in [1.807, 2.05) is 61.5 Å². The molecule has 24 heavy (non-hydrogen) atoms. The highest BCUT2D eigenvalue weighted by atomic mass is 16.5. The van der Waals surface area contributed by atoms with Gasteiger partial charge in [0.25, 0.3) is 0 Å². The summed E-state index contributed by atoms with van der Waals surface area (Å²) in [4.78, 5) is 13.3. The van der Waals surface area contributed by atoms with Gasteiger partial charge in [-0.2, -0.15) is 4.80 Å². The maximum absolute atomic E-state index is 12.1. The number of hydrogen-bond acceptors (Lipinski definition) is 5. The van der Waals surface area contributed by atoms with Crippen molar-refractivity contribution in [1.82, 2.24) is 20.2 Å². The predicted molar refractivity (Wildman–Crippen MR) is 88.4 cm³/mol. The lowest BCUT2D eigenvalue weighted by Crippen LogP contribution is -2.21. The van der Waals surface area contributed by atoms with Crippen LogP contribution in [0.4, 0.5) is 5.69 Å². The number of ether oxygens (including phenoxy) is 1. The number of hydrogen-bond donors (Lipinski definition) is 1. The Morgan fingerprint density at radius 3 is 2.67 bits per heavy atom. The third-order valence-electron chi connectivity index (χ3n) is 3.31. The second-order valence-electron chi connectivity index (χ2n) is 5.20. The molecule has 0 bridgehead atoms. The molecule has 3 rings (SSSR count). The lowest BCUT2D eigenvalue weighted by molar-refractivity contribution is -0.117. The van der Waals surface area contributed by atoms with Gasteiger partial charge in [-0.15, -0.1) is 10.2 Å². The first-order chi connectivity index (χ1) is 11.7. The summed E-state index contributed by atoms with van der Waals surface area (Å²) in [7, 11) is 0. The van der Waals surface area contributed by atoms with Crippen LogP contribution in [0.25, 0.3) is 0 Å². The summed E-state index contributed by atoms with van der Waals surface area (Å²) in [6.07, 6.45) is 0. The molecule has 1 N–H and O–H groups in total. The van der Waals surface area contributed by atoms with Gasteiger partial charge in [0.15, 0.2) is 6.61 Å². The van der Waals surface area contributed by atoms with Gasteiger partial charge in [0.05, 0.1) is 0 Å². The molecular formula is C17H17N5O2. The molecule has 1 amide bonds. The first-order valence-electron chi connectivity index (χ1n) is 7.51. The van der Waals surface area contributed by atoms with Crippen molar-refractivity contribution in [2.24, 2.45) is 0 Å². The molecule has 7 nitrogen and oxygen atoms in total. The number of carbonyl (C=O) groups is 1. The monoisotopic (exact) mass is 323 g/mol. The molecule has 0 aliphatic carbocycles. The minimum absolute atomic E-state index is 0.00727. The van der Waals surface area contributed by atoms with Crippen molar-refractivity contribution in [3.8, 4) is 5.75 Å². The zero-order chi connectivity index (χ0) is 16.8. The van der Waals surface area contributed by atoms with Crippen molar-refractivity contribution in [3.63, 3.8) is 0 Å². The van der Waals surface area contributed by atoms with Crippen LogP contribution < -0.4 is 10.1 Å². The predicted octanol–water partition coefficient (Wildman–Crippen LogP) is 2.20. The molecule has 7 heteroatoms. The van der Waals surface area contributed by atoms with Crippen LogP contribution in [-0.4, -0.2) is 26.1 Å². The van der Waals surface area contributed by atoms with E-state index >= 15 is 0 Å². The largest absolute Gasteiger partial charge is 0.485 e. The van der Waals surface area contributed by atoms with E-state index in [0.717, 1.165) is 17.0 Å². The molecule has 3 aromatic rings. The summed E-state index contributed by atoms with van der Waals surface area (Å²) in [5.74, 6) is 0.936. The van der Waals surface area contributed by atoms with Crippen LogP contribution in [0.5, 0.6) is 5.75 Å². The van der Waals surface area contributed by atoms with E-state index in [2.05, 4.69) is 20.7 Å². The molecular weight excluding hydrogens is 306 g/mol. The Morgan fingerprint density at radius 1 is 1.12 bits per heavy atom. The van der Waals surface area contributed by atoms with Crippen LogP contribution in [0.3, 0.4) is 0 Å². The Bertz CT molecular complexity index is 817. The third-order valence-corrected chi connectivity index (χ3v) is 3.31. The number of amides is 1. The van der Waals surface area contributed by atoms with Gasteiger partial charge in [-0.1, -0.05) is 36.4 Å². The molecule has 0 atom stereocenters. The molecule has 0 aliphatic rings. The number of rotatable bonds is 6. The summed E-state index contributed by atoms with van der Waals surface area (Å²) < 4.78 is 5.54. The lowest BCUT2D eigenvalue weighted by Gasteiger charge is -2.07. The van der Waals surface area contributed by atoms with Crippen LogP contribution in [-0.2, 0) is 17.9 Å². The normalized spacial score (nSPS) is 10.4. The second kappa shape index (κ2) is 7.36. The van der Waals surface area contributed by atoms with Crippen LogP contribution in [0.2, 0.25) is 0 Å². The highest BCUT2D eigenvalue weighted by molar-refractivity contribution is 5.91. The van der Waals surface area contributed by atoms with E-state index in [1.54, 1.807) is 0 Å². The highest BCUT2D eigenvalue weighted by Crippen LogP contribution is 2.13. The minimum atomic E-state index is -0.211. The van der Waals surface area contributed by atoms with E-state index in [1.165, 1.54) is 4.80 Å². The van der Waals surface area contributed by atoms with Gasteiger partial charge in [-0.05, 0) is 35.9 Å². The SMILES string of the molecule is Cc1ccccc1NC(=O)Cn1nnc(COc2ccccc2)n1. The third kappa shape index (κ3) is 4.16. The van der Waals surface area contributed by atoms with Gasteiger partial charge in [0.2, 0.25) is 11.7 Å². The Hall–Kier alpha value is -3.22. The standard InChI is InChI=1S/C17H17N5O2/c1-13-7-5-6-10-15(13)18-17(23)11-22-20-16(19-21-22)12-24-14-8-3-2-4-9-14/h2-10H,11-12H2,1H3,(H,18,23). The summed E-state index contributed by atoms with van der Waals surface area (Å²) in [5.41, 5.74) is 1.77. The Kier molecular flexibility index (Phi) is 4.81. The van der Waals surface area contributed by atoms with Gasteiger partial charge in [-0.25, -0.2) is 0 Å². The van der Waals surface area contributed by atoms with Crippen LogP contribution in [0, 0.1) is 6.92 Å². The molecule has 0 aliphatic heterocycles. The number of nitrogens with one attached hydrogen (secondary N) is 1. The molecule has 122 valence electrons. The zero-order valence-corrected chi connectivity index (χ0v) is 13.2. The Labute approximate surface area is 139 Å². The number of aryl methyl sites for hydroxylation is 1. The summed E-state index contributed by atoms with van der Waals surface area (Å²) in [5, 5.41) is 14.7. The Morgan fingerprint density at radius 2 is 1.88 bits per heavy atom. The number of nitrogens with zero attached hydrogens (tertiary/aromatic N) is 4. The molecule has 0 radical (unpaired) electrons. The summed E-state index contributed by atoms with van der Waals surface area (Å²) >= 11 is 0. The smallest absolute Gasteiger partial charge is 0.248 e. The number of tetrazole rings is 1. The van der Waals surface area contributed by atoms with E-state index in [4.69, 9.17) is 4.74 Å². The number of para-hydroxylation sites is 2. The lowest BCUT2D eigenvalue weighted by atomic mass is 10.2. The molecule has 2 aromatic carbocycles. The van der Waals surface area contributed by atoms with Crippen molar-refractivity contribution < 1.29 is 9.53 Å². The fourth-order valence-corrected chi connectivity index (χ4v) is 2.10. The topological polar surface area (TPSA) is 81.9 Å². The van der Waals surface area contributed by atoms with Crippen LogP contribution in [0.15, 0.2) is 54.6 Å². The number of aromatic nitrogens is 4. The molecule has 0 spiro atoms. The van der Waals surface area contributed by atoms with Crippen LogP contribution in [0.1, 0.15) is 11.4 Å². The fraction of sp³-hybridized carbons (Fsp3) is 0.176. The first-order valence-corrected chi connectivity index (χ1v) is 7.51. The number of anilines is 1. The van der Waals surface area contributed by atoms with Crippen molar-refractivity contribution in [2.45, 2.75) is 20.1 Å². The molecule has 1 heterocycles. The second-order valence-corrected chi connectivity index (χ2v) is 5.20. The van der Waals surface area contributed by atoms with Crippen LogP contribution >= 0.6 is 0 Å². The quantitative estimate of drug-likeness (QED) is 0.752.